The number of nitrogens with zero attached hydrogens (tertiary/aromatic N) is 1. The van der Waals surface area contributed by atoms with Crippen LogP contribution in [0.5, 0.6) is 0 Å². The Hall–Kier alpha value is -1.23. The van der Waals surface area contributed by atoms with Crippen molar-refractivity contribution < 1.29 is 13.9 Å². The molecule has 1 heterocycles. The minimum absolute atomic E-state index is 0.204. The van der Waals surface area contributed by atoms with Crippen LogP contribution in [0.3, 0.4) is 0 Å². The minimum atomic E-state index is -2.66. The third-order valence-electron chi connectivity index (χ3n) is 1.81. The zero-order valence-electron chi connectivity index (χ0n) is 7.09. The minimum Gasteiger partial charge on any atom is -0.398 e. The maximum absolute atomic E-state index is 12.2. The molecule has 0 aliphatic heterocycles. The predicted molar refractivity (Wildman–Crippen MR) is 44.3 cm³/mol. The second-order valence-electron chi connectivity index (χ2n) is 2.67. The number of anilines is 1. The highest BCUT2D eigenvalue weighted by Crippen LogP contribution is 2.22. The molecule has 0 fully saturated rings. The quantitative estimate of drug-likeness (QED) is 0.737. The van der Waals surface area contributed by atoms with E-state index in [4.69, 9.17) is 10.8 Å². The lowest BCUT2D eigenvalue weighted by Gasteiger charge is -2.08. The summed E-state index contributed by atoms with van der Waals surface area (Å²) in [4.78, 5) is 3.57. The highest BCUT2D eigenvalue weighted by Gasteiger charge is 2.13. The lowest BCUT2D eigenvalue weighted by Crippen LogP contribution is -2.03. The molecule has 3 nitrogen and oxygen atoms in total. The Labute approximate surface area is 74.2 Å². The molecular formula is C8H10F2N2O. The van der Waals surface area contributed by atoms with Gasteiger partial charge in [-0.05, 0) is 18.6 Å². The third kappa shape index (κ3) is 1.92. The number of nitrogens with two attached hydrogens (primary N) is 1. The first-order chi connectivity index (χ1) is 6.06. The van der Waals surface area contributed by atoms with Gasteiger partial charge in [0.15, 0.2) is 0 Å². The number of pyridine rings is 1. The van der Waals surface area contributed by atoms with Gasteiger partial charge in [0.05, 0.1) is 12.3 Å². The van der Waals surface area contributed by atoms with Crippen molar-refractivity contribution in [3.8, 4) is 0 Å². The Morgan fingerprint density at radius 1 is 1.62 bits per heavy atom. The van der Waals surface area contributed by atoms with Crippen molar-refractivity contribution in [3.63, 3.8) is 0 Å². The van der Waals surface area contributed by atoms with Crippen LogP contribution in [0.2, 0.25) is 0 Å². The van der Waals surface area contributed by atoms with E-state index in [1.54, 1.807) is 6.92 Å². The van der Waals surface area contributed by atoms with Crippen LogP contribution in [0, 0.1) is 6.92 Å². The maximum Gasteiger partial charge on any atom is 0.280 e. The van der Waals surface area contributed by atoms with Crippen molar-refractivity contribution in [1.29, 1.82) is 0 Å². The van der Waals surface area contributed by atoms with Gasteiger partial charge < -0.3 is 10.8 Å². The lowest BCUT2D eigenvalue weighted by atomic mass is 10.1. The summed E-state index contributed by atoms with van der Waals surface area (Å²) in [5.74, 6) is 0. The van der Waals surface area contributed by atoms with E-state index in [1.165, 1.54) is 0 Å². The Morgan fingerprint density at radius 2 is 2.23 bits per heavy atom. The molecule has 0 saturated heterocycles. The molecule has 0 spiro atoms. The first-order valence-electron chi connectivity index (χ1n) is 3.71. The zero-order chi connectivity index (χ0) is 10.0. The van der Waals surface area contributed by atoms with Crippen LogP contribution in [-0.2, 0) is 6.61 Å². The molecular weight excluding hydrogens is 178 g/mol. The SMILES string of the molecule is Cc1c(N)cc(C(F)F)nc1CO. The molecule has 13 heavy (non-hydrogen) atoms. The lowest BCUT2D eigenvalue weighted by molar-refractivity contribution is 0.145. The standard InChI is InChI=1S/C8H10F2N2O/c1-4-5(11)2-6(8(9)10)12-7(4)3-13/h2,8,13H,3H2,1H3,(H2,11,12). The van der Waals surface area contributed by atoms with E-state index in [0.29, 0.717) is 5.56 Å². The summed E-state index contributed by atoms with van der Waals surface area (Å²) in [6, 6.07) is 1.12. The first kappa shape index (κ1) is 9.85. The highest BCUT2D eigenvalue weighted by molar-refractivity contribution is 5.49. The van der Waals surface area contributed by atoms with Crippen molar-refractivity contribution in [1.82, 2.24) is 4.98 Å². The van der Waals surface area contributed by atoms with Crippen LogP contribution in [0.4, 0.5) is 14.5 Å². The molecule has 0 radical (unpaired) electrons. The van der Waals surface area contributed by atoms with E-state index >= 15 is 0 Å². The monoisotopic (exact) mass is 188 g/mol. The van der Waals surface area contributed by atoms with Gasteiger partial charge in [-0.25, -0.2) is 13.8 Å². The van der Waals surface area contributed by atoms with Crippen molar-refractivity contribution in [2.45, 2.75) is 20.0 Å². The van der Waals surface area contributed by atoms with Crippen LogP contribution in [0.15, 0.2) is 6.07 Å². The molecule has 3 N–H and O–H groups in total. The molecule has 5 heteroatoms. The van der Waals surface area contributed by atoms with Gasteiger partial charge in [0, 0.05) is 5.69 Å². The van der Waals surface area contributed by atoms with Gasteiger partial charge in [-0.3, -0.25) is 0 Å². The summed E-state index contributed by atoms with van der Waals surface area (Å²) in [6.45, 7) is 1.25. The molecule has 1 aromatic heterocycles. The molecule has 0 aliphatic carbocycles. The highest BCUT2D eigenvalue weighted by atomic mass is 19.3. The Kier molecular flexibility index (Phi) is 2.77. The molecule has 0 amide bonds. The average Bonchev–Trinajstić information content (AvgIpc) is 2.09. The van der Waals surface area contributed by atoms with Crippen LogP contribution in [-0.4, -0.2) is 10.1 Å². The summed E-state index contributed by atoms with van der Waals surface area (Å²) in [6.07, 6.45) is -2.66. The summed E-state index contributed by atoms with van der Waals surface area (Å²) >= 11 is 0. The van der Waals surface area contributed by atoms with Gasteiger partial charge in [0.25, 0.3) is 6.43 Å². The number of aliphatic hydroxyl groups excluding tert-OH is 1. The van der Waals surface area contributed by atoms with E-state index in [-0.39, 0.29) is 18.0 Å². The van der Waals surface area contributed by atoms with Gasteiger partial charge in [-0.1, -0.05) is 0 Å². The van der Waals surface area contributed by atoms with Crippen LogP contribution >= 0.6 is 0 Å². The van der Waals surface area contributed by atoms with Crippen molar-refractivity contribution >= 4 is 5.69 Å². The van der Waals surface area contributed by atoms with Crippen molar-refractivity contribution in [3.05, 3.63) is 23.0 Å². The maximum atomic E-state index is 12.2. The van der Waals surface area contributed by atoms with E-state index < -0.39 is 12.1 Å². The fourth-order valence-electron chi connectivity index (χ4n) is 0.972. The van der Waals surface area contributed by atoms with Crippen molar-refractivity contribution in [2.75, 3.05) is 5.73 Å². The Bertz CT molecular complexity index is 315. The normalized spacial score (nSPS) is 10.8. The largest absolute Gasteiger partial charge is 0.398 e. The number of halogens is 2. The fraction of sp³-hybridized carbons (Fsp3) is 0.375. The summed E-state index contributed by atoms with van der Waals surface area (Å²) in [5, 5.41) is 8.79. The molecule has 0 bridgehead atoms. The number of rotatable bonds is 2. The van der Waals surface area contributed by atoms with E-state index in [9.17, 15) is 8.78 Å². The molecule has 1 rings (SSSR count). The van der Waals surface area contributed by atoms with Gasteiger partial charge >= 0.3 is 0 Å². The summed E-state index contributed by atoms with van der Waals surface area (Å²) in [5.41, 5.74) is 6.04. The van der Waals surface area contributed by atoms with E-state index in [0.717, 1.165) is 6.07 Å². The Morgan fingerprint density at radius 3 is 2.69 bits per heavy atom. The number of hydrogen-bond donors (Lipinski definition) is 2. The fourth-order valence-corrected chi connectivity index (χ4v) is 0.972. The van der Waals surface area contributed by atoms with Crippen LogP contribution < -0.4 is 5.73 Å². The number of hydrogen-bond acceptors (Lipinski definition) is 3. The molecule has 0 aliphatic rings. The second kappa shape index (κ2) is 3.66. The van der Waals surface area contributed by atoms with Gasteiger partial charge in [0.2, 0.25) is 0 Å². The molecule has 72 valence electrons. The number of nitrogen functional groups attached to an aromatic ring is 1. The van der Waals surface area contributed by atoms with E-state index in [2.05, 4.69) is 4.98 Å². The molecule has 0 unspecified atom stereocenters. The molecule has 1 aromatic rings. The van der Waals surface area contributed by atoms with E-state index in [1.807, 2.05) is 0 Å². The smallest absolute Gasteiger partial charge is 0.280 e. The van der Waals surface area contributed by atoms with Crippen LogP contribution in [0.1, 0.15) is 23.4 Å². The molecule has 0 saturated carbocycles. The van der Waals surface area contributed by atoms with Crippen molar-refractivity contribution in [2.24, 2.45) is 0 Å². The number of aliphatic hydroxyl groups is 1. The summed E-state index contributed by atoms with van der Waals surface area (Å²) in [7, 11) is 0. The van der Waals surface area contributed by atoms with Gasteiger partial charge in [0.1, 0.15) is 5.69 Å². The topological polar surface area (TPSA) is 59.1 Å². The molecule has 0 aromatic carbocycles. The first-order valence-corrected chi connectivity index (χ1v) is 3.71. The summed E-state index contributed by atoms with van der Waals surface area (Å²) < 4.78 is 24.4. The third-order valence-corrected chi connectivity index (χ3v) is 1.81. The van der Waals surface area contributed by atoms with Gasteiger partial charge in [-0.2, -0.15) is 0 Å². The average molecular weight is 188 g/mol. The number of aromatic nitrogens is 1. The molecule has 0 atom stereocenters. The number of alkyl halides is 2. The zero-order valence-corrected chi connectivity index (χ0v) is 7.09. The van der Waals surface area contributed by atoms with Gasteiger partial charge in [-0.15, -0.1) is 0 Å². The second-order valence-corrected chi connectivity index (χ2v) is 2.67. The van der Waals surface area contributed by atoms with Crippen LogP contribution in [0.25, 0.3) is 0 Å². The predicted octanol–water partition coefficient (Wildman–Crippen LogP) is 1.40. The Balaban J connectivity index is 3.22.